The molecule has 1 heterocycles. The van der Waals surface area contributed by atoms with E-state index < -0.39 is 12.1 Å². The largest absolute Gasteiger partial charge is 0.334 e. The Morgan fingerprint density at radius 3 is 2.40 bits per heavy atom. The van der Waals surface area contributed by atoms with Crippen LogP contribution >= 0.6 is 0 Å². The summed E-state index contributed by atoms with van der Waals surface area (Å²) < 4.78 is 0. The van der Waals surface area contributed by atoms with E-state index in [0.29, 0.717) is 25.9 Å². The summed E-state index contributed by atoms with van der Waals surface area (Å²) in [6, 6.07) is 8.64. The second-order valence-electron chi connectivity index (χ2n) is 5.83. The molecule has 0 aromatic heterocycles. The molecule has 1 atom stereocenters. The topological polar surface area (TPSA) is 69.7 Å². The molecule has 1 unspecified atom stereocenters. The first kappa shape index (κ1) is 18.4. The monoisotopic (exact) mass is 341 g/mol. The highest BCUT2D eigenvalue weighted by atomic mass is 16.2. The lowest BCUT2D eigenvalue weighted by Crippen LogP contribution is -2.43. The molecule has 132 valence electrons. The molecule has 0 saturated carbocycles. The van der Waals surface area contributed by atoms with Gasteiger partial charge in [0.1, 0.15) is 12.6 Å². The normalized spacial score (nSPS) is 16.5. The molecule has 6 heteroatoms. The van der Waals surface area contributed by atoms with E-state index in [9.17, 15) is 14.4 Å². The summed E-state index contributed by atoms with van der Waals surface area (Å²) in [7, 11) is 0. The molecular formula is C19H23N3O3. The number of hydrogen-bond acceptors (Lipinski definition) is 3. The lowest BCUT2D eigenvalue weighted by molar-refractivity contribution is -0.136. The van der Waals surface area contributed by atoms with E-state index in [1.165, 1.54) is 4.90 Å². The molecule has 1 fully saturated rings. The van der Waals surface area contributed by atoms with Crippen molar-refractivity contribution in [2.45, 2.75) is 18.9 Å². The zero-order valence-corrected chi connectivity index (χ0v) is 14.2. The quantitative estimate of drug-likeness (QED) is 0.549. The molecule has 1 aromatic rings. The smallest absolute Gasteiger partial charge is 0.325 e. The average Bonchev–Trinajstić information content (AvgIpc) is 2.88. The maximum Gasteiger partial charge on any atom is 0.325 e. The fourth-order valence-corrected chi connectivity index (χ4v) is 2.70. The molecule has 1 aromatic carbocycles. The summed E-state index contributed by atoms with van der Waals surface area (Å²) in [5, 5.41) is 2.66. The van der Waals surface area contributed by atoms with Gasteiger partial charge in [-0.05, 0) is 18.4 Å². The molecule has 1 aliphatic rings. The number of rotatable bonds is 9. The zero-order chi connectivity index (χ0) is 18.2. The van der Waals surface area contributed by atoms with Crippen LogP contribution in [0.1, 0.15) is 12.0 Å². The fourth-order valence-electron chi connectivity index (χ4n) is 2.70. The molecule has 0 bridgehead atoms. The second-order valence-corrected chi connectivity index (χ2v) is 5.83. The third-order valence-corrected chi connectivity index (χ3v) is 4.02. The van der Waals surface area contributed by atoms with Crippen LogP contribution in [0.5, 0.6) is 0 Å². The number of amides is 4. The Morgan fingerprint density at radius 2 is 1.80 bits per heavy atom. The van der Waals surface area contributed by atoms with Crippen molar-refractivity contribution in [3.8, 4) is 0 Å². The third-order valence-electron chi connectivity index (χ3n) is 4.02. The molecule has 1 N–H and O–H groups in total. The minimum absolute atomic E-state index is 0.270. The van der Waals surface area contributed by atoms with Gasteiger partial charge in [-0.2, -0.15) is 0 Å². The molecule has 4 amide bonds. The number of carbonyl (C=O) groups excluding carboxylic acids is 3. The summed E-state index contributed by atoms with van der Waals surface area (Å²) in [6.45, 7) is 7.62. The van der Waals surface area contributed by atoms with E-state index in [1.807, 2.05) is 30.3 Å². The van der Waals surface area contributed by atoms with Crippen LogP contribution in [0.15, 0.2) is 55.6 Å². The minimum Gasteiger partial charge on any atom is -0.334 e. The van der Waals surface area contributed by atoms with Crippen LogP contribution in [0.4, 0.5) is 4.79 Å². The maximum absolute atomic E-state index is 12.4. The van der Waals surface area contributed by atoms with Crippen LogP contribution in [0.25, 0.3) is 0 Å². The highest BCUT2D eigenvalue weighted by Gasteiger charge is 2.39. The maximum atomic E-state index is 12.4. The van der Waals surface area contributed by atoms with Gasteiger partial charge >= 0.3 is 6.03 Å². The summed E-state index contributed by atoms with van der Waals surface area (Å²) in [5.74, 6) is -0.668. The highest BCUT2D eigenvalue weighted by Crippen LogP contribution is 2.13. The van der Waals surface area contributed by atoms with Crippen LogP contribution in [0, 0.1) is 0 Å². The summed E-state index contributed by atoms with van der Waals surface area (Å²) in [5.41, 5.74) is 1.10. The Hall–Kier alpha value is -2.89. The fraction of sp³-hybridized carbons (Fsp3) is 0.316. The van der Waals surface area contributed by atoms with Crippen LogP contribution < -0.4 is 5.32 Å². The number of carbonyl (C=O) groups is 3. The average molecular weight is 341 g/mol. The molecule has 1 saturated heterocycles. The Morgan fingerprint density at radius 1 is 1.16 bits per heavy atom. The molecule has 0 spiro atoms. The third kappa shape index (κ3) is 4.79. The van der Waals surface area contributed by atoms with E-state index >= 15 is 0 Å². The number of aryl methyl sites for hydroxylation is 1. The van der Waals surface area contributed by atoms with Crippen LogP contribution in [0.2, 0.25) is 0 Å². The van der Waals surface area contributed by atoms with Gasteiger partial charge in [-0.15, -0.1) is 13.2 Å². The first-order valence-electron chi connectivity index (χ1n) is 8.22. The lowest BCUT2D eigenvalue weighted by Gasteiger charge is -2.21. The number of urea groups is 1. The summed E-state index contributed by atoms with van der Waals surface area (Å²) in [4.78, 5) is 39.3. The molecule has 25 heavy (non-hydrogen) atoms. The number of hydrogen-bond donors (Lipinski definition) is 1. The van der Waals surface area contributed by atoms with Gasteiger partial charge in [0.05, 0.1) is 0 Å². The van der Waals surface area contributed by atoms with Gasteiger partial charge in [-0.3, -0.25) is 14.5 Å². The molecule has 2 rings (SSSR count). The van der Waals surface area contributed by atoms with E-state index in [0.717, 1.165) is 10.5 Å². The van der Waals surface area contributed by atoms with Crippen molar-refractivity contribution in [2.75, 3.05) is 19.6 Å². The molecule has 0 radical (unpaired) electrons. The molecule has 0 aliphatic carbocycles. The molecule has 6 nitrogen and oxygen atoms in total. The van der Waals surface area contributed by atoms with E-state index in [4.69, 9.17) is 0 Å². The van der Waals surface area contributed by atoms with Gasteiger partial charge in [-0.1, -0.05) is 42.5 Å². The highest BCUT2D eigenvalue weighted by molar-refractivity contribution is 6.06. The van der Waals surface area contributed by atoms with Gasteiger partial charge < -0.3 is 10.2 Å². The van der Waals surface area contributed by atoms with E-state index in [2.05, 4.69) is 18.5 Å². The number of nitrogens with one attached hydrogen (secondary N) is 1. The van der Waals surface area contributed by atoms with E-state index in [1.54, 1.807) is 12.2 Å². The van der Waals surface area contributed by atoms with Crippen molar-refractivity contribution >= 4 is 17.8 Å². The van der Waals surface area contributed by atoms with Gasteiger partial charge in [0.15, 0.2) is 0 Å². The molecular weight excluding hydrogens is 318 g/mol. The summed E-state index contributed by atoms with van der Waals surface area (Å²) >= 11 is 0. The number of imide groups is 1. The van der Waals surface area contributed by atoms with Crippen LogP contribution in [-0.2, 0) is 16.0 Å². The SMILES string of the molecule is C=CCN(CC=C)C(=O)CN1C(=O)NC(CCc2ccccc2)C1=O. The van der Waals surface area contributed by atoms with Crippen molar-refractivity contribution in [1.82, 2.24) is 15.1 Å². The molecule has 1 aliphatic heterocycles. The number of nitrogens with zero attached hydrogens (tertiary/aromatic N) is 2. The Kier molecular flexibility index (Phi) is 6.51. The Balaban J connectivity index is 1.94. The lowest BCUT2D eigenvalue weighted by atomic mass is 10.1. The second kappa shape index (κ2) is 8.82. The zero-order valence-electron chi connectivity index (χ0n) is 14.2. The van der Waals surface area contributed by atoms with E-state index in [-0.39, 0.29) is 18.4 Å². The predicted octanol–water partition coefficient (Wildman–Crippen LogP) is 1.74. The Bertz CT molecular complexity index is 647. The minimum atomic E-state index is -0.590. The van der Waals surface area contributed by atoms with Gasteiger partial charge in [0.25, 0.3) is 5.91 Å². The first-order chi connectivity index (χ1) is 12.1. The number of benzene rings is 1. The van der Waals surface area contributed by atoms with Crippen molar-refractivity contribution in [3.05, 3.63) is 61.2 Å². The van der Waals surface area contributed by atoms with Crippen molar-refractivity contribution < 1.29 is 14.4 Å². The van der Waals surface area contributed by atoms with Gasteiger partial charge in [-0.25, -0.2) is 4.79 Å². The van der Waals surface area contributed by atoms with Crippen molar-refractivity contribution in [2.24, 2.45) is 0 Å². The van der Waals surface area contributed by atoms with Crippen molar-refractivity contribution in [3.63, 3.8) is 0 Å². The summed E-state index contributed by atoms with van der Waals surface area (Å²) in [6.07, 6.45) is 4.37. The van der Waals surface area contributed by atoms with Gasteiger partial charge in [0, 0.05) is 13.1 Å². The Labute approximate surface area is 147 Å². The van der Waals surface area contributed by atoms with Crippen LogP contribution in [-0.4, -0.2) is 53.3 Å². The van der Waals surface area contributed by atoms with Crippen molar-refractivity contribution in [1.29, 1.82) is 0 Å². The van der Waals surface area contributed by atoms with Crippen LogP contribution in [0.3, 0.4) is 0 Å². The van der Waals surface area contributed by atoms with Gasteiger partial charge in [0.2, 0.25) is 5.91 Å². The first-order valence-corrected chi connectivity index (χ1v) is 8.22. The predicted molar refractivity (Wildman–Crippen MR) is 95.8 cm³/mol. The standard InChI is InChI=1S/C19H23N3O3/c1-3-12-21(13-4-2)17(23)14-22-18(24)16(20-19(22)25)11-10-15-8-6-5-7-9-15/h3-9,16H,1-2,10-14H2,(H,20,25).